The summed E-state index contributed by atoms with van der Waals surface area (Å²) in [5.41, 5.74) is 1.54. The van der Waals surface area contributed by atoms with Gasteiger partial charge in [-0.25, -0.2) is 9.37 Å². The highest BCUT2D eigenvalue weighted by atomic mass is 19.1. The number of imidazole rings is 1. The zero-order valence-electron chi connectivity index (χ0n) is 9.86. The summed E-state index contributed by atoms with van der Waals surface area (Å²) < 4.78 is 14.5. The Morgan fingerprint density at radius 3 is 2.68 bits per heavy atom. The summed E-state index contributed by atoms with van der Waals surface area (Å²) >= 11 is 0. The van der Waals surface area contributed by atoms with E-state index < -0.39 is 5.82 Å². The molecular formula is C14H10FN3O. The lowest BCUT2D eigenvalue weighted by atomic mass is 10.2. The van der Waals surface area contributed by atoms with Gasteiger partial charge in [0.05, 0.1) is 17.5 Å². The lowest BCUT2D eigenvalue weighted by Gasteiger charge is -2.00. The first-order valence-corrected chi connectivity index (χ1v) is 5.69. The number of hydrogen-bond acceptors (Lipinski definition) is 3. The number of aromatic nitrogens is 3. The summed E-state index contributed by atoms with van der Waals surface area (Å²) in [6.07, 6.45) is 4.71. The fourth-order valence-corrected chi connectivity index (χ4v) is 1.85. The van der Waals surface area contributed by atoms with Gasteiger partial charge in [-0.1, -0.05) is 12.1 Å². The molecule has 0 aliphatic carbocycles. The molecule has 2 heterocycles. The zero-order chi connectivity index (χ0) is 13.2. The van der Waals surface area contributed by atoms with E-state index in [-0.39, 0.29) is 11.4 Å². The molecule has 0 aliphatic heterocycles. The summed E-state index contributed by atoms with van der Waals surface area (Å²) in [4.78, 5) is 8.23. The van der Waals surface area contributed by atoms with Crippen LogP contribution >= 0.6 is 0 Å². The van der Waals surface area contributed by atoms with Crippen molar-refractivity contribution in [2.45, 2.75) is 0 Å². The SMILES string of the molecule is On1cc(-c2cccnc2)nc1-c1ccccc1F. The van der Waals surface area contributed by atoms with Crippen LogP contribution in [0.2, 0.25) is 0 Å². The predicted octanol–water partition coefficient (Wildman–Crippen LogP) is 2.99. The van der Waals surface area contributed by atoms with Crippen LogP contribution in [0.1, 0.15) is 0 Å². The molecule has 19 heavy (non-hydrogen) atoms. The smallest absolute Gasteiger partial charge is 0.178 e. The van der Waals surface area contributed by atoms with Gasteiger partial charge in [0.2, 0.25) is 0 Å². The summed E-state index contributed by atoms with van der Waals surface area (Å²) in [6.45, 7) is 0. The molecule has 0 saturated heterocycles. The minimum Gasteiger partial charge on any atom is -0.427 e. The molecule has 3 rings (SSSR count). The van der Waals surface area contributed by atoms with Crippen molar-refractivity contribution in [1.82, 2.24) is 14.7 Å². The Labute approximate surface area is 108 Å². The van der Waals surface area contributed by atoms with Crippen molar-refractivity contribution in [3.05, 3.63) is 60.8 Å². The molecule has 5 heteroatoms. The van der Waals surface area contributed by atoms with Gasteiger partial charge in [-0.2, -0.15) is 4.73 Å². The first-order chi connectivity index (χ1) is 9.25. The number of nitrogens with zero attached hydrogens (tertiary/aromatic N) is 3. The third kappa shape index (κ3) is 2.06. The van der Waals surface area contributed by atoms with E-state index in [1.54, 1.807) is 36.7 Å². The van der Waals surface area contributed by atoms with Gasteiger partial charge in [0.25, 0.3) is 0 Å². The van der Waals surface area contributed by atoms with E-state index in [2.05, 4.69) is 9.97 Å². The topological polar surface area (TPSA) is 50.9 Å². The van der Waals surface area contributed by atoms with Crippen molar-refractivity contribution in [2.75, 3.05) is 0 Å². The Bertz CT molecular complexity index is 710. The molecular weight excluding hydrogens is 245 g/mol. The molecule has 1 N–H and O–H groups in total. The quantitative estimate of drug-likeness (QED) is 0.716. The molecule has 94 valence electrons. The summed E-state index contributed by atoms with van der Waals surface area (Å²) in [5, 5.41) is 9.84. The second-order valence-electron chi connectivity index (χ2n) is 4.02. The zero-order valence-corrected chi connectivity index (χ0v) is 9.86. The first kappa shape index (κ1) is 11.4. The number of rotatable bonds is 2. The Kier molecular flexibility index (Phi) is 2.72. The van der Waals surface area contributed by atoms with Crippen molar-refractivity contribution >= 4 is 0 Å². The van der Waals surface area contributed by atoms with Gasteiger partial charge >= 0.3 is 0 Å². The molecule has 0 spiro atoms. The second-order valence-corrected chi connectivity index (χ2v) is 4.02. The van der Waals surface area contributed by atoms with Crippen molar-refractivity contribution in [1.29, 1.82) is 0 Å². The van der Waals surface area contributed by atoms with E-state index in [1.165, 1.54) is 12.3 Å². The van der Waals surface area contributed by atoms with Crippen LogP contribution in [0, 0.1) is 5.82 Å². The number of pyridine rings is 1. The summed E-state index contributed by atoms with van der Waals surface area (Å²) in [6, 6.07) is 9.77. The third-order valence-electron chi connectivity index (χ3n) is 2.76. The molecule has 0 aliphatic rings. The Morgan fingerprint density at radius 1 is 1.11 bits per heavy atom. The van der Waals surface area contributed by atoms with Gasteiger partial charge in [-0.05, 0) is 24.3 Å². The van der Waals surface area contributed by atoms with Crippen molar-refractivity contribution in [3.8, 4) is 22.6 Å². The van der Waals surface area contributed by atoms with Crippen LogP contribution in [0.25, 0.3) is 22.6 Å². The molecule has 4 nitrogen and oxygen atoms in total. The summed E-state index contributed by atoms with van der Waals surface area (Å²) in [5.74, 6) is -0.266. The van der Waals surface area contributed by atoms with Gasteiger partial charge in [0.15, 0.2) is 5.82 Å². The first-order valence-electron chi connectivity index (χ1n) is 5.69. The highest BCUT2D eigenvalue weighted by Gasteiger charge is 2.14. The van der Waals surface area contributed by atoms with Gasteiger partial charge in [-0.15, -0.1) is 0 Å². The lowest BCUT2D eigenvalue weighted by molar-refractivity contribution is 0.190. The molecule has 0 atom stereocenters. The molecule has 1 aromatic carbocycles. The Hall–Kier alpha value is -2.69. The van der Waals surface area contributed by atoms with Crippen LogP contribution in [-0.4, -0.2) is 19.9 Å². The van der Waals surface area contributed by atoms with Crippen LogP contribution in [0.4, 0.5) is 4.39 Å². The number of halogens is 1. The van der Waals surface area contributed by atoms with Crippen molar-refractivity contribution in [3.63, 3.8) is 0 Å². The second kappa shape index (κ2) is 4.53. The van der Waals surface area contributed by atoms with Crippen molar-refractivity contribution < 1.29 is 9.60 Å². The maximum absolute atomic E-state index is 13.7. The largest absolute Gasteiger partial charge is 0.427 e. The minimum atomic E-state index is -0.430. The van der Waals surface area contributed by atoms with E-state index in [0.717, 1.165) is 10.3 Å². The predicted molar refractivity (Wildman–Crippen MR) is 68.0 cm³/mol. The van der Waals surface area contributed by atoms with Crippen LogP contribution in [-0.2, 0) is 0 Å². The van der Waals surface area contributed by atoms with E-state index in [1.807, 2.05) is 6.07 Å². The molecule has 0 radical (unpaired) electrons. The molecule has 0 fully saturated rings. The van der Waals surface area contributed by atoms with Crippen LogP contribution in [0.5, 0.6) is 0 Å². The molecule has 0 amide bonds. The van der Waals surface area contributed by atoms with E-state index in [4.69, 9.17) is 0 Å². The number of benzene rings is 1. The Morgan fingerprint density at radius 2 is 1.95 bits per heavy atom. The van der Waals surface area contributed by atoms with Gasteiger partial charge < -0.3 is 5.21 Å². The normalized spacial score (nSPS) is 10.6. The average molecular weight is 255 g/mol. The van der Waals surface area contributed by atoms with Gasteiger partial charge in [-0.3, -0.25) is 4.98 Å². The van der Waals surface area contributed by atoms with E-state index in [0.29, 0.717) is 5.69 Å². The highest BCUT2D eigenvalue weighted by Crippen LogP contribution is 2.25. The maximum Gasteiger partial charge on any atom is 0.178 e. The standard InChI is InChI=1S/C14H10FN3O/c15-12-6-2-1-5-11(12)14-17-13(9-18(14)19)10-4-3-7-16-8-10/h1-9,19H. The lowest BCUT2D eigenvalue weighted by Crippen LogP contribution is -1.94. The van der Waals surface area contributed by atoms with E-state index in [9.17, 15) is 9.60 Å². The van der Waals surface area contributed by atoms with Crippen LogP contribution in [0.3, 0.4) is 0 Å². The molecule has 3 aromatic rings. The van der Waals surface area contributed by atoms with Gasteiger partial charge in [0, 0.05) is 18.0 Å². The molecule has 2 aromatic heterocycles. The third-order valence-corrected chi connectivity index (χ3v) is 2.76. The van der Waals surface area contributed by atoms with Crippen LogP contribution < -0.4 is 0 Å². The highest BCUT2D eigenvalue weighted by molar-refractivity contribution is 5.64. The summed E-state index contributed by atoms with van der Waals surface area (Å²) in [7, 11) is 0. The monoisotopic (exact) mass is 255 g/mol. The van der Waals surface area contributed by atoms with E-state index >= 15 is 0 Å². The van der Waals surface area contributed by atoms with Gasteiger partial charge in [0.1, 0.15) is 5.82 Å². The average Bonchev–Trinajstić information content (AvgIpc) is 2.82. The molecule has 0 unspecified atom stereocenters. The minimum absolute atomic E-state index is 0.164. The van der Waals surface area contributed by atoms with Crippen LogP contribution in [0.15, 0.2) is 55.0 Å². The Balaban J connectivity index is 2.11. The fraction of sp³-hybridized carbons (Fsp3) is 0. The fourth-order valence-electron chi connectivity index (χ4n) is 1.85. The van der Waals surface area contributed by atoms with Crippen molar-refractivity contribution in [2.24, 2.45) is 0 Å². The molecule has 0 bridgehead atoms. The number of hydrogen-bond donors (Lipinski definition) is 1. The molecule has 0 saturated carbocycles. The maximum atomic E-state index is 13.7.